The average Bonchev–Trinajstić information content (AvgIpc) is 2.62. The van der Waals surface area contributed by atoms with Crippen molar-refractivity contribution in [3.05, 3.63) is 69.8 Å². The first-order chi connectivity index (χ1) is 14.2. The molecule has 0 spiro atoms. The van der Waals surface area contributed by atoms with Crippen molar-refractivity contribution in [2.45, 2.75) is 93.6 Å². The maximum atomic E-state index is 6.87. The van der Waals surface area contributed by atoms with Gasteiger partial charge in [-0.05, 0) is 93.9 Å². The van der Waals surface area contributed by atoms with Crippen LogP contribution in [0.2, 0.25) is 0 Å². The highest BCUT2D eigenvalue weighted by atomic mass is 28.3. The van der Waals surface area contributed by atoms with Crippen LogP contribution in [0.5, 0.6) is 0 Å². The molecule has 0 saturated carbocycles. The second-order valence-corrected chi connectivity index (χ2v) is 10.9. The molecule has 30 heavy (non-hydrogen) atoms. The summed E-state index contributed by atoms with van der Waals surface area (Å²) >= 11 is 0. The van der Waals surface area contributed by atoms with E-state index in [1.807, 2.05) is 0 Å². The largest absolute Gasteiger partial charge is 0.401 e. The number of aryl methyl sites for hydroxylation is 6. The van der Waals surface area contributed by atoms with Crippen LogP contribution in [0.15, 0.2) is 36.4 Å². The minimum Gasteiger partial charge on any atom is -0.401 e. The fourth-order valence-corrected chi connectivity index (χ4v) is 7.18. The Kier molecular flexibility index (Phi) is 9.58. The van der Waals surface area contributed by atoms with Crippen LogP contribution in [-0.2, 0) is 4.43 Å². The van der Waals surface area contributed by atoms with Crippen LogP contribution in [0.3, 0.4) is 0 Å². The van der Waals surface area contributed by atoms with Gasteiger partial charge in [0, 0.05) is 0 Å². The van der Waals surface area contributed by atoms with Crippen molar-refractivity contribution in [3.63, 3.8) is 0 Å². The molecule has 2 rings (SSSR count). The lowest BCUT2D eigenvalue weighted by Gasteiger charge is -2.26. The smallest absolute Gasteiger partial charge is 0.284 e. The first kappa shape index (κ1) is 24.6. The normalized spacial score (nSPS) is 12.8. The molecule has 0 unspecified atom stereocenters. The minimum atomic E-state index is -1.35. The molecule has 1 nitrogen and oxygen atoms in total. The Morgan fingerprint density at radius 3 is 1.67 bits per heavy atom. The van der Waals surface area contributed by atoms with Gasteiger partial charge in [-0.15, -0.1) is 0 Å². The number of hydrogen-bond donors (Lipinski definition) is 0. The number of unbranched alkanes of at least 4 members (excludes halogenated alkanes) is 4. The third-order valence-electron chi connectivity index (χ3n) is 5.74. The second-order valence-electron chi connectivity index (χ2n) is 8.98. The van der Waals surface area contributed by atoms with Crippen molar-refractivity contribution in [3.8, 4) is 0 Å². The number of benzene rings is 2. The van der Waals surface area contributed by atoms with E-state index in [1.165, 1.54) is 69.4 Å². The van der Waals surface area contributed by atoms with Crippen molar-refractivity contribution in [1.82, 2.24) is 0 Å². The zero-order chi connectivity index (χ0) is 22.3. The van der Waals surface area contributed by atoms with Crippen molar-refractivity contribution in [2.24, 2.45) is 0 Å². The van der Waals surface area contributed by atoms with Gasteiger partial charge in [0.2, 0.25) is 0 Å². The first-order valence-electron chi connectivity index (χ1n) is 11.6. The molecule has 0 fully saturated rings. The van der Waals surface area contributed by atoms with Crippen molar-refractivity contribution < 1.29 is 4.43 Å². The molecular weight excluding hydrogens is 380 g/mol. The molecule has 163 valence electrons. The van der Waals surface area contributed by atoms with E-state index in [-0.39, 0.29) is 6.10 Å². The average molecular weight is 422 g/mol. The van der Waals surface area contributed by atoms with Crippen LogP contribution in [0.25, 0.3) is 0 Å². The number of allylic oxidation sites excluding steroid dienone is 1. The summed E-state index contributed by atoms with van der Waals surface area (Å²) in [5, 5.41) is 2.84. The monoisotopic (exact) mass is 421 g/mol. The Morgan fingerprint density at radius 2 is 1.23 bits per heavy atom. The lowest BCUT2D eigenvalue weighted by atomic mass is 10.1. The van der Waals surface area contributed by atoms with Crippen molar-refractivity contribution in [2.75, 3.05) is 0 Å². The molecule has 0 aliphatic carbocycles. The Balaban J connectivity index is 2.36. The van der Waals surface area contributed by atoms with Crippen LogP contribution in [-0.4, -0.2) is 15.1 Å². The van der Waals surface area contributed by atoms with Crippen molar-refractivity contribution in [1.29, 1.82) is 0 Å². The van der Waals surface area contributed by atoms with Gasteiger partial charge in [0.05, 0.1) is 6.10 Å². The van der Waals surface area contributed by atoms with Gasteiger partial charge in [0.25, 0.3) is 9.04 Å². The van der Waals surface area contributed by atoms with Gasteiger partial charge in [-0.1, -0.05) is 73.7 Å². The molecule has 0 saturated heterocycles. The quantitative estimate of drug-likeness (QED) is 0.239. The van der Waals surface area contributed by atoms with E-state index in [1.54, 1.807) is 0 Å². The van der Waals surface area contributed by atoms with Gasteiger partial charge in [-0.2, -0.15) is 0 Å². The fraction of sp³-hybridized carbons (Fsp3) is 0.500. The third-order valence-corrected chi connectivity index (χ3v) is 8.84. The lowest BCUT2D eigenvalue weighted by Crippen LogP contribution is -2.51. The summed E-state index contributed by atoms with van der Waals surface area (Å²) in [6.07, 6.45) is 11.1. The van der Waals surface area contributed by atoms with E-state index in [4.69, 9.17) is 4.43 Å². The van der Waals surface area contributed by atoms with Crippen LogP contribution in [0, 0.1) is 41.5 Å². The molecule has 0 amide bonds. The van der Waals surface area contributed by atoms with Crippen LogP contribution < -0.4 is 10.4 Å². The Hall–Kier alpha value is -1.64. The van der Waals surface area contributed by atoms with Gasteiger partial charge in [-0.3, -0.25) is 0 Å². The molecule has 0 aromatic heterocycles. The van der Waals surface area contributed by atoms with Gasteiger partial charge < -0.3 is 4.43 Å². The van der Waals surface area contributed by atoms with E-state index in [0.29, 0.717) is 0 Å². The van der Waals surface area contributed by atoms with E-state index in [2.05, 4.69) is 91.8 Å². The van der Waals surface area contributed by atoms with E-state index in [9.17, 15) is 0 Å². The first-order valence-corrected chi connectivity index (χ1v) is 13.0. The highest BCUT2D eigenvalue weighted by Gasteiger charge is 2.28. The summed E-state index contributed by atoms with van der Waals surface area (Å²) in [7, 11) is -1.35. The summed E-state index contributed by atoms with van der Waals surface area (Å²) in [5.41, 5.74) is 8.08. The standard InChI is InChI=1S/C28H41OSi/c1-9-10-11-12-13-14-15-26(8)29-30(27-22(4)16-20(2)17-23(27)5)28-24(6)18-21(3)19-25(28)7/h14-19,26H,9-13H2,1-8H3/b15-14-/t26-/m0/s1. The summed E-state index contributed by atoms with van der Waals surface area (Å²) in [6.45, 7) is 17.8. The maximum Gasteiger partial charge on any atom is 0.284 e. The Morgan fingerprint density at radius 1 is 0.767 bits per heavy atom. The molecule has 2 aromatic rings. The minimum absolute atomic E-state index is 0.116. The molecule has 0 heterocycles. The highest BCUT2D eigenvalue weighted by molar-refractivity contribution is 6.81. The van der Waals surface area contributed by atoms with Crippen LogP contribution in [0.1, 0.15) is 79.3 Å². The molecular formula is C28H41OSi. The Labute approximate surface area is 187 Å². The summed E-state index contributed by atoms with van der Waals surface area (Å²) in [4.78, 5) is 0. The molecule has 2 heteroatoms. The molecule has 0 aliphatic heterocycles. The van der Waals surface area contributed by atoms with Gasteiger partial charge in [0.15, 0.2) is 0 Å². The SMILES string of the molecule is CCCCCC/C=C\[C@H](C)O[Si](c1c(C)cc(C)cc1C)c1c(C)cc(C)cc1C. The van der Waals surface area contributed by atoms with Crippen LogP contribution >= 0.6 is 0 Å². The molecule has 1 atom stereocenters. The summed E-state index contributed by atoms with van der Waals surface area (Å²) in [6, 6.07) is 9.24. The maximum absolute atomic E-state index is 6.87. The Bertz CT molecular complexity index is 761. The molecule has 0 bridgehead atoms. The van der Waals surface area contributed by atoms with Gasteiger partial charge in [0.1, 0.15) is 0 Å². The van der Waals surface area contributed by atoms with E-state index >= 15 is 0 Å². The predicted molar refractivity (Wildman–Crippen MR) is 135 cm³/mol. The highest BCUT2D eigenvalue weighted by Crippen LogP contribution is 2.14. The second kappa shape index (κ2) is 11.7. The van der Waals surface area contributed by atoms with Gasteiger partial charge >= 0.3 is 0 Å². The molecule has 2 aromatic carbocycles. The topological polar surface area (TPSA) is 9.23 Å². The fourth-order valence-electron chi connectivity index (χ4n) is 4.52. The zero-order valence-corrected chi connectivity index (χ0v) is 21.5. The summed E-state index contributed by atoms with van der Waals surface area (Å²) in [5.74, 6) is 0. The van der Waals surface area contributed by atoms with E-state index < -0.39 is 9.04 Å². The number of hydrogen-bond acceptors (Lipinski definition) is 1. The molecule has 1 radical (unpaired) electrons. The third kappa shape index (κ3) is 6.68. The summed E-state index contributed by atoms with van der Waals surface area (Å²) < 4.78 is 6.87. The lowest BCUT2D eigenvalue weighted by molar-refractivity contribution is 0.282. The van der Waals surface area contributed by atoms with Crippen LogP contribution in [0.4, 0.5) is 0 Å². The predicted octanol–water partition coefficient (Wildman–Crippen LogP) is 6.57. The number of rotatable bonds is 10. The molecule has 0 N–H and O–H groups in total. The zero-order valence-electron chi connectivity index (χ0n) is 20.5. The van der Waals surface area contributed by atoms with Gasteiger partial charge in [-0.25, -0.2) is 0 Å². The van der Waals surface area contributed by atoms with E-state index in [0.717, 1.165) is 6.42 Å². The molecule has 0 aliphatic rings. The van der Waals surface area contributed by atoms with Crippen molar-refractivity contribution >= 4 is 19.4 Å².